The van der Waals surface area contributed by atoms with Crippen molar-refractivity contribution in [2.45, 2.75) is 168 Å². The minimum Gasteiger partial charge on any atom is -0.462 e. The molecule has 0 aliphatic carbocycles. The van der Waals surface area contributed by atoms with Gasteiger partial charge in [-0.15, -0.1) is 0 Å². The van der Waals surface area contributed by atoms with Crippen LogP contribution in [0.25, 0.3) is 0 Å². The molecule has 0 spiro atoms. The normalized spacial score (nSPS) is 14.0. The van der Waals surface area contributed by atoms with E-state index in [2.05, 4.69) is 74.6 Å². The lowest BCUT2D eigenvalue weighted by Crippen LogP contribution is -2.29. The summed E-state index contributed by atoms with van der Waals surface area (Å²) in [4.78, 5) is 34.8. The van der Waals surface area contributed by atoms with E-state index in [0.717, 1.165) is 83.5 Å². The molecule has 0 saturated heterocycles. The number of hydrogen-bond acceptors (Lipinski definition) is 8. The Balaban J connectivity index is 4.28. The van der Waals surface area contributed by atoms with Gasteiger partial charge in [0.25, 0.3) is 0 Å². The summed E-state index contributed by atoms with van der Waals surface area (Å²) >= 11 is 0. The lowest BCUT2D eigenvalue weighted by Gasteiger charge is -2.19. The minimum atomic E-state index is -4.39. The van der Waals surface area contributed by atoms with Crippen molar-refractivity contribution in [2.75, 3.05) is 26.4 Å². The van der Waals surface area contributed by atoms with E-state index < -0.39 is 32.5 Å². The number of esters is 2. The van der Waals surface area contributed by atoms with Gasteiger partial charge in [-0.25, -0.2) is 4.57 Å². The maximum Gasteiger partial charge on any atom is 0.472 e. The van der Waals surface area contributed by atoms with Gasteiger partial charge in [-0.05, 0) is 77.0 Å². The Labute approximate surface area is 317 Å². The standard InChI is InChI=1S/C42H74NO8P/c1-3-5-7-9-11-13-15-17-19-20-21-23-25-27-29-31-33-35-42(45)51-40(39-50-52(46,47)49-37-36-43)38-48-41(44)34-32-30-28-26-24-22-18-16-14-12-10-8-6-4-2/h10-13,16-19,21,23,40H,3-9,14-15,20,22,24-39,43H2,1-2H3,(H,46,47)/b12-10+,13-11+,18-16+,19-17+,23-21+/t40-/m1/s1. The second-order valence-electron chi connectivity index (χ2n) is 13.1. The van der Waals surface area contributed by atoms with Crippen molar-refractivity contribution in [3.05, 3.63) is 60.8 Å². The van der Waals surface area contributed by atoms with E-state index in [9.17, 15) is 19.0 Å². The SMILES string of the molecule is CCCC/C=C/C/C=C/CCCCCCCC(=O)OC[C@H](COP(=O)(O)OCCN)OC(=O)CCCCCC/C=C/C/C=C/C/C=C/CCCCC. The summed E-state index contributed by atoms with van der Waals surface area (Å²) in [5.41, 5.74) is 5.33. The molecule has 0 aliphatic rings. The lowest BCUT2D eigenvalue weighted by atomic mass is 10.1. The second-order valence-corrected chi connectivity index (χ2v) is 14.6. The topological polar surface area (TPSA) is 134 Å². The molecule has 300 valence electrons. The van der Waals surface area contributed by atoms with Crippen LogP contribution in [0.3, 0.4) is 0 Å². The number of allylic oxidation sites excluding steroid dienone is 10. The fourth-order valence-corrected chi connectivity index (χ4v) is 5.83. The molecule has 0 bridgehead atoms. The molecule has 1 unspecified atom stereocenters. The monoisotopic (exact) mass is 752 g/mol. The average molecular weight is 752 g/mol. The van der Waals surface area contributed by atoms with Crippen LogP contribution in [-0.4, -0.2) is 49.3 Å². The highest BCUT2D eigenvalue weighted by atomic mass is 31.2. The van der Waals surface area contributed by atoms with Crippen molar-refractivity contribution >= 4 is 19.8 Å². The molecule has 0 heterocycles. The Morgan fingerprint density at radius 3 is 1.54 bits per heavy atom. The zero-order valence-electron chi connectivity index (χ0n) is 32.8. The zero-order chi connectivity index (χ0) is 38.2. The molecule has 0 radical (unpaired) electrons. The molecule has 2 atom stereocenters. The summed E-state index contributed by atoms with van der Waals surface area (Å²) in [7, 11) is -4.39. The van der Waals surface area contributed by atoms with Crippen LogP contribution in [0.15, 0.2) is 60.8 Å². The number of hydrogen-bond donors (Lipinski definition) is 2. The van der Waals surface area contributed by atoms with Crippen molar-refractivity contribution in [3.63, 3.8) is 0 Å². The van der Waals surface area contributed by atoms with Crippen LogP contribution in [0, 0.1) is 0 Å². The van der Waals surface area contributed by atoms with Gasteiger partial charge in [-0.2, -0.15) is 0 Å². The highest BCUT2D eigenvalue weighted by molar-refractivity contribution is 7.47. The summed E-state index contributed by atoms with van der Waals surface area (Å²) < 4.78 is 32.7. The Bertz CT molecular complexity index is 1040. The van der Waals surface area contributed by atoms with E-state index in [1.54, 1.807) is 0 Å². The Hall–Kier alpha value is -2.29. The van der Waals surface area contributed by atoms with Crippen LogP contribution in [0.5, 0.6) is 0 Å². The second kappa shape index (κ2) is 38.4. The lowest BCUT2D eigenvalue weighted by molar-refractivity contribution is -0.161. The summed E-state index contributed by atoms with van der Waals surface area (Å²) in [6, 6.07) is 0. The van der Waals surface area contributed by atoms with E-state index >= 15 is 0 Å². The summed E-state index contributed by atoms with van der Waals surface area (Å²) in [6.07, 6.45) is 43.9. The maximum absolute atomic E-state index is 12.5. The summed E-state index contributed by atoms with van der Waals surface area (Å²) in [5, 5.41) is 0. The quantitative estimate of drug-likeness (QED) is 0.0275. The molecule has 0 saturated carbocycles. The Morgan fingerprint density at radius 2 is 1.02 bits per heavy atom. The van der Waals surface area contributed by atoms with Gasteiger partial charge in [-0.3, -0.25) is 18.6 Å². The number of nitrogens with two attached hydrogens (primary N) is 1. The first-order valence-electron chi connectivity index (χ1n) is 20.3. The molecule has 9 nitrogen and oxygen atoms in total. The third-order valence-electron chi connectivity index (χ3n) is 8.13. The molecule has 0 aromatic carbocycles. The highest BCUT2D eigenvalue weighted by Gasteiger charge is 2.25. The highest BCUT2D eigenvalue weighted by Crippen LogP contribution is 2.43. The Kier molecular flexibility index (Phi) is 36.7. The molecule has 52 heavy (non-hydrogen) atoms. The van der Waals surface area contributed by atoms with Gasteiger partial charge < -0.3 is 20.1 Å². The molecule has 0 aromatic rings. The third-order valence-corrected chi connectivity index (χ3v) is 9.11. The molecule has 0 rings (SSSR count). The average Bonchev–Trinajstić information content (AvgIpc) is 3.13. The van der Waals surface area contributed by atoms with Crippen molar-refractivity contribution in [3.8, 4) is 0 Å². The van der Waals surface area contributed by atoms with Crippen LogP contribution < -0.4 is 5.73 Å². The molecule has 0 aromatic heterocycles. The number of carbonyl (C=O) groups is 2. The summed E-state index contributed by atoms with van der Waals surface area (Å²) in [5.74, 6) is -0.876. The molecule has 0 aliphatic heterocycles. The van der Waals surface area contributed by atoms with Crippen LogP contribution in [-0.2, 0) is 32.7 Å². The van der Waals surface area contributed by atoms with Crippen molar-refractivity contribution in [1.82, 2.24) is 0 Å². The number of carbonyl (C=O) groups excluding carboxylic acids is 2. The maximum atomic E-state index is 12.5. The first-order valence-corrected chi connectivity index (χ1v) is 21.8. The van der Waals surface area contributed by atoms with Crippen molar-refractivity contribution in [2.24, 2.45) is 5.73 Å². The number of rotatable bonds is 37. The number of phosphoric ester groups is 1. The van der Waals surface area contributed by atoms with E-state index in [1.807, 2.05) is 0 Å². The number of unbranched alkanes of at least 4 members (excludes halogenated alkanes) is 14. The van der Waals surface area contributed by atoms with Gasteiger partial charge in [0.15, 0.2) is 6.10 Å². The first-order chi connectivity index (χ1) is 25.3. The van der Waals surface area contributed by atoms with Crippen molar-refractivity contribution < 1.29 is 37.6 Å². The van der Waals surface area contributed by atoms with Gasteiger partial charge >= 0.3 is 19.8 Å². The largest absolute Gasteiger partial charge is 0.472 e. The van der Waals surface area contributed by atoms with Crippen LogP contribution in [0.2, 0.25) is 0 Å². The predicted octanol–water partition coefficient (Wildman–Crippen LogP) is 11.3. The number of phosphoric acid groups is 1. The van der Waals surface area contributed by atoms with E-state index in [1.165, 1.54) is 38.5 Å². The van der Waals surface area contributed by atoms with E-state index in [0.29, 0.717) is 12.8 Å². The smallest absolute Gasteiger partial charge is 0.462 e. The van der Waals surface area contributed by atoms with Crippen molar-refractivity contribution in [1.29, 1.82) is 0 Å². The van der Waals surface area contributed by atoms with Gasteiger partial charge in [0, 0.05) is 19.4 Å². The minimum absolute atomic E-state index is 0.0447. The molecule has 3 N–H and O–H groups in total. The first kappa shape index (κ1) is 49.7. The Morgan fingerprint density at radius 1 is 0.577 bits per heavy atom. The molecule has 10 heteroatoms. The fourth-order valence-electron chi connectivity index (χ4n) is 5.07. The zero-order valence-corrected chi connectivity index (χ0v) is 33.7. The molecular weight excluding hydrogens is 677 g/mol. The van der Waals surface area contributed by atoms with Crippen LogP contribution in [0.1, 0.15) is 162 Å². The number of ether oxygens (including phenoxy) is 2. The van der Waals surface area contributed by atoms with Gasteiger partial charge in [0.1, 0.15) is 6.61 Å². The van der Waals surface area contributed by atoms with Crippen LogP contribution >= 0.6 is 7.82 Å². The predicted molar refractivity (Wildman–Crippen MR) is 215 cm³/mol. The molecule has 0 amide bonds. The van der Waals surface area contributed by atoms with Gasteiger partial charge in [0.05, 0.1) is 13.2 Å². The van der Waals surface area contributed by atoms with Crippen LogP contribution in [0.4, 0.5) is 0 Å². The summed E-state index contributed by atoms with van der Waals surface area (Å²) in [6.45, 7) is 3.60. The third kappa shape index (κ3) is 37.5. The molecular formula is C42H74NO8P. The van der Waals surface area contributed by atoms with E-state index in [-0.39, 0.29) is 32.6 Å². The van der Waals surface area contributed by atoms with Gasteiger partial charge in [0.2, 0.25) is 0 Å². The van der Waals surface area contributed by atoms with Gasteiger partial charge in [-0.1, -0.05) is 132 Å². The fraction of sp³-hybridized carbons (Fsp3) is 0.714. The van der Waals surface area contributed by atoms with E-state index in [4.69, 9.17) is 24.3 Å². The molecule has 0 fully saturated rings.